The zero-order valence-electron chi connectivity index (χ0n) is 17.4. The number of likely N-dealkylation sites (tertiary alicyclic amines) is 1. The standard InChI is InChI=1S/C24H26N4O2/c1-3-19-20(4-2)27-22-15-16(10-11-21(22)26-19)23(29)25-18-9-7-8-17(14-18)24(30)28-12-5-6-13-28/h7-11,14-15H,3-6,12-13H2,1-2H3,(H,25,29). The third-order valence-corrected chi connectivity index (χ3v) is 5.51. The van der Waals surface area contributed by atoms with Crippen molar-refractivity contribution in [3.8, 4) is 0 Å². The summed E-state index contributed by atoms with van der Waals surface area (Å²) in [7, 11) is 0. The van der Waals surface area contributed by atoms with Crippen LogP contribution in [0.2, 0.25) is 0 Å². The summed E-state index contributed by atoms with van der Waals surface area (Å²) in [5.41, 5.74) is 5.19. The van der Waals surface area contributed by atoms with Gasteiger partial charge in [0.1, 0.15) is 0 Å². The number of aromatic nitrogens is 2. The summed E-state index contributed by atoms with van der Waals surface area (Å²) in [6, 6.07) is 12.5. The molecule has 1 aliphatic heterocycles. The fourth-order valence-corrected chi connectivity index (χ4v) is 3.87. The van der Waals surface area contributed by atoms with Gasteiger partial charge in [-0.3, -0.25) is 9.59 Å². The molecule has 6 heteroatoms. The van der Waals surface area contributed by atoms with Crippen LogP contribution in [0.3, 0.4) is 0 Å². The molecule has 6 nitrogen and oxygen atoms in total. The number of hydrogen-bond acceptors (Lipinski definition) is 4. The van der Waals surface area contributed by atoms with Crippen LogP contribution in [0.4, 0.5) is 5.69 Å². The monoisotopic (exact) mass is 402 g/mol. The van der Waals surface area contributed by atoms with Crippen LogP contribution in [0.25, 0.3) is 11.0 Å². The normalized spacial score (nSPS) is 13.6. The number of amides is 2. The number of anilines is 1. The second-order valence-corrected chi connectivity index (χ2v) is 7.56. The van der Waals surface area contributed by atoms with Gasteiger partial charge < -0.3 is 10.2 Å². The highest BCUT2D eigenvalue weighted by Gasteiger charge is 2.20. The number of nitrogens with one attached hydrogen (secondary N) is 1. The van der Waals surface area contributed by atoms with Crippen molar-refractivity contribution in [2.75, 3.05) is 18.4 Å². The SMILES string of the molecule is CCc1nc2ccc(C(=O)Nc3cccc(C(=O)N4CCCC4)c3)cc2nc1CC. The van der Waals surface area contributed by atoms with E-state index in [-0.39, 0.29) is 11.8 Å². The van der Waals surface area contributed by atoms with E-state index in [1.807, 2.05) is 11.0 Å². The maximum atomic E-state index is 12.8. The van der Waals surface area contributed by atoms with E-state index in [1.165, 1.54) is 0 Å². The molecule has 2 aromatic carbocycles. The maximum absolute atomic E-state index is 12.8. The summed E-state index contributed by atoms with van der Waals surface area (Å²) in [5.74, 6) is -0.217. The van der Waals surface area contributed by atoms with Gasteiger partial charge in [0.25, 0.3) is 11.8 Å². The van der Waals surface area contributed by atoms with Crippen LogP contribution in [0, 0.1) is 0 Å². The van der Waals surface area contributed by atoms with E-state index in [0.717, 1.165) is 61.2 Å². The predicted molar refractivity (Wildman–Crippen MR) is 118 cm³/mol. The number of carbonyl (C=O) groups is 2. The van der Waals surface area contributed by atoms with Gasteiger partial charge in [-0.15, -0.1) is 0 Å². The zero-order valence-corrected chi connectivity index (χ0v) is 17.4. The first-order valence-electron chi connectivity index (χ1n) is 10.6. The second kappa shape index (κ2) is 8.61. The molecular formula is C24H26N4O2. The molecule has 0 radical (unpaired) electrons. The van der Waals surface area contributed by atoms with Crippen LogP contribution in [0.1, 0.15) is 58.8 Å². The van der Waals surface area contributed by atoms with Crippen molar-refractivity contribution in [1.29, 1.82) is 0 Å². The Labute approximate surface area is 176 Å². The van der Waals surface area contributed by atoms with Crippen molar-refractivity contribution in [1.82, 2.24) is 14.9 Å². The Morgan fingerprint density at radius 2 is 1.60 bits per heavy atom. The summed E-state index contributed by atoms with van der Waals surface area (Å²) in [6.07, 6.45) is 3.74. The molecule has 1 aromatic heterocycles. The smallest absolute Gasteiger partial charge is 0.255 e. The molecule has 2 amide bonds. The van der Waals surface area contributed by atoms with Gasteiger partial charge in [0.2, 0.25) is 0 Å². The van der Waals surface area contributed by atoms with Crippen LogP contribution < -0.4 is 5.32 Å². The highest BCUT2D eigenvalue weighted by Crippen LogP contribution is 2.19. The highest BCUT2D eigenvalue weighted by atomic mass is 16.2. The molecule has 4 rings (SSSR count). The van der Waals surface area contributed by atoms with Crippen molar-refractivity contribution in [3.05, 3.63) is 65.0 Å². The minimum Gasteiger partial charge on any atom is -0.339 e. The topological polar surface area (TPSA) is 75.2 Å². The molecule has 1 fully saturated rings. The van der Waals surface area contributed by atoms with Crippen LogP contribution in [0.5, 0.6) is 0 Å². The number of benzene rings is 2. The second-order valence-electron chi connectivity index (χ2n) is 7.56. The van der Waals surface area contributed by atoms with Crippen molar-refractivity contribution < 1.29 is 9.59 Å². The molecule has 2 heterocycles. The number of carbonyl (C=O) groups excluding carboxylic acids is 2. The van der Waals surface area contributed by atoms with Crippen molar-refractivity contribution in [2.24, 2.45) is 0 Å². The summed E-state index contributed by atoms with van der Waals surface area (Å²) in [6.45, 7) is 5.72. The Kier molecular flexibility index (Phi) is 5.74. The van der Waals surface area contributed by atoms with E-state index in [1.54, 1.807) is 36.4 Å². The Balaban J connectivity index is 1.55. The Hall–Kier alpha value is -3.28. The molecule has 30 heavy (non-hydrogen) atoms. The van der Waals surface area contributed by atoms with E-state index < -0.39 is 0 Å². The molecule has 0 bridgehead atoms. The van der Waals surface area contributed by atoms with Crippen LogP contribution in [-0.2, 0) is 12.8 Å². The number of hydrogen-bond donors (Lipinski definition) is 1. The minimum atomic E-state index is -0.234. The van der Waals surface area contributed by atoms with Gasteiger partial charge in [0.05, 0.1) is 22.4 Å². The first-order chi connectivity index (χ1) is 14.6. The molecule has 3 aromatic rings. The van der Waals surface area contributed by atoms with Crippen LogP contribution >= 0.6 is 0 Å². The van der Waals surface area contributed by atoms with Gasteiger partial charge >= 0.3 is 0 Å². The molecule has 154 valence electrons. The van der Waals surface area contributed by atoms with Crippen molar-refractivity contribution in [3.63, 3.8) is 0 Å². The third kappa shape index (κ3) is 4.03. The largest absolute Gasteiger partial charge is 0.339 e. The van der Waals surface area contributed by atoms with Crippen molar-refractivity contribution in [2.45, 2.75) is 39.5 Å². The Morgan fingerprint density at radius 1 is 0.900 bits per heavy atom. The molecule has 0 unspecified atom stereocenters. The molecule has 0 saturated carbocycles. The molecule has 0 atom stereocenters. The fourth-order valence-electron chi connectivity index (χ4n) is 3.87. The lowest BCUT2D eigenvalue weighted by Crippen LogP contribution is -2.27. The van der Waals surface area contributed by atoms with Gasteiger partial charge in [0, 0.05) is 29.9 Å². The number of nitrogens with zero attached hydrogens (tertiary/aromatic N) is 3. The van der Waals surface area contributed by atoms with Crippen molar-refractivity contribution >= 4 is 28.5 Å². The summed E-state index contributed by atoms with van der Waals surface area (Å²) in [5, 5.41) is 2.90. The van der Waals surface area contributed by atoms with E-state index in [0.29, 0.717) is 16.8 Å². The average Bonchev–Trinajstić information content (AvgIpc) is 3.32. The highest BCUT2D eigenvalue weighted by molar-refractivity contribution is 6.06. The quantitative estimate of drug-likeness (QED) is 0.693. The van der Waals surface area contributed by atoms with Crippen LogP contribution in [0.15, 0.2) is 42.5 Å². The van der Waals surface area contributed by atoms with Gasteiger partial charge in [-0.1, -0.05) is 19.9 Å². The molecule has 1 saturated heterocycles. The van der Waals surface area contributed by atoms with Gasteiger partial charge in [-0.05, 0) is 62.1 Å². The Morgan fingerprint density at radius 3 is 2.30 bits per heavy atom. The Bertz CT molecular complexity index is 1100. The average molecular weight is 402 g/mol. The number of rotatable bonds is 5. The van der Waals surface area contributed by atoms with Gasteiger partial charge in [0.15, 0.2) is 0 Å². The molecular weight excluding hydrogens is 376 g/mol. The molecule has 0 spiro atoms. The van der Waals surface area contributed by atoms with Gasteiger partial charge in [-0.25, -0.2) is 9.97 Å². The molecule has 1 N–H and O–H groups in total. The number of fused-ring (bicyclic) bond motifs is 1. The van der Waals surface area contributed by atoms with E-state index in [9.17, 15) is 9.59 Å². The lowest BCUT2D eigenvalue weighted by molar-refractivity contribution is 0.0792. The lowest BCUT2D eigenvalue weighted by Gasteiger charge is -2.16. The lowest BCUT2D eigenvalue weighted by atomic mass is 10.1. The third-order valence-electron chi connectivity index (χ3n) is 5.51. The van der Waals surface area contributed by atoms with E-state index in [2.05, 4.69) is 24.1 Å². The molecule has 0 aliphatic carbocycles. The van der Waals surface area contributed by atoms with E-state index >= 15 is 0 Å². The summed E-state index contributed by atoms with van der Waals surface area (Å²) >= 11 is 0. The first-order valence-corrected chi connectivity index (χ1v) is 10.6. The predicted octanol–water partition coefficient (Wildman–Crippen LogP) is 4.24. The maximum Gasteiger partial charge on any atom is 0.255 e. The summed E-state index contributed by atoms with van der Waals surface area (Å²) < 4.78 is 0. The van der Waals surface area contributed by atoms with Crippen LogP contribution in [-0.4, -0.2) is 39.8 Å². The number of aryl methyl sites for hydroxylation is 2. The first kappa shape index (κ1) is 20.0. The minimum absolute atomic E-state index is 0.0170. The van der Waals surface area contributed by atoms with E-state index in [4.69, 9.17) is 4.98 Å². The zero-order chi connectivity index (χ0) is 21.1. The fraction of sp³-hybridized carbons (Fsp3) is 0.333. The molecule has 1 aliphatic rings. The van der Waals surface area contributed by atoms with Gasteiger partial charge in [-0.2, -0.15) is 0 Å². The summed E-state index contributed by atoms with van der Waals surface area (Å²) in [4.78, 5) is 36.7.